The topological polar surface area (TPSA) is 47.4 Å². The Kier molecular flexibility index (Phi) is 4.92. The summed E-state index contributed by atoms with van der Waals surface area (Å²) in [5.74, 6) is 1.70. The molecule has 3 heterocycles. The van der Waals surface area contributed by atoms with Crippen LogP contribution in [0.25, 0.3) is 55.5 Å². The lowest BCUT2D eigenvalue weighted by molar-refractivity contribution is 0.488. The molecule has 4 heteroatoms. The second-order valence-corrected chi connectivity index (χ2v) is 9.95. The van der Waals surface area contributed by atoms with Crippen molar-refractivity contribution in [3.63, 3.8) is 0 Å². The maximum atomic E-state index is 6.62. The van der Waals surface area contributed by atoms with Crippen molar-refractivity contribution in [1.29, 1.82) is 0 Å². The molecule has 4 nitrogen and oxygen atoms in total. The predicted octanol–water partition coefficient (Wildman–Crippen LogP) is 9.05. The third-order valence-corrected chi connectivity index (χ3v) is 7.71. The van der Waals surface area contributed by atoms with Gasteiger partial charge in [-0.2, -0.15) is 0 Å². The Hall–Kier alpha value is -5.09. The number of fused-ring (bicyclic) bond motifs is 7. The van der Waals surface area contributed by atoms with Gasteiger partial charge in [0.1, 0.15) is 11.5 Å². The fourth-order valence-electron chi connectivity index (χ4n) is 5.89. The van der Waals surface area contributed by atoms with Crippen LogP contribution in [0, 0.1) is 0 Å². The molecule has 5 aromatic carbocycles. The van der Waals surface area contributed by atoms with Gasteiger partial charge in [-0.25, -0.2) is 0 Å². The SMILES string of the molecule is C1=Nc2cccc(-c3ccc4c(c3)-c3ccccc3-c3cc(-c5cccc6nccnc56)ccc3O4)c2CC1. The van der Waals surface area contributed by atoms with Gasteiger partial charge in [-0.15, -0.1) is 0 Å². The molecule has 0 atom stereocenters. The van der Waals surface area contributed by atoms with Crippen molar-refractivity contribution in [2.45, 2.75) is 12.8 Å². The summed E-state index contributed by atoms with van der Waals surface area (Å²) in [6.07, 6.45) is 7.48. The van der Waals surface area contributed by atoms with Crippen LogP contribution in [-0.2, 0) is 6.42 Å². The quantitative estimate of drug-likeness (QED) is 0.237. The highest BCUT2D eigenvalue weighted by molar-refractivity contribution is 5.96. The summed E-state index contributed by atoms with van der Waals surface area (Å²) in [7, 11) is 0. The molecule has 0 fully saturated rings. The molecule has 0 N–H and O–H groups in total. The van der Waals surface area contributed by atoms with E-state index in [0.717, 1.165) is 74.4 Å². The van der Waals surface area contributed by atoms with Gasteiger partial charge < -0.3 is 4.74 Å². The highest BCUT2D eigenvalue weighted by Crippen LogP contribution is 2.49. The van der Waals surface area contributed by atoms with Gasteiger partial charge in [0, 0.05) is 35.3 Å². The molecule has 8 rings (SSSR count). The molecule has 184 valence electrons. The molecule has 0 aliphatic carbocycles. The van der Waals surface area contributed by atoms with Crippen molar-refractivity contribution in [2.24, 2.45) is 4.99 Å². The summed E-state index contributed by atoms with van der Waals surface area (Å²) in [4.78, 5) is 13.8. The van der Waals surface area contributed by atoms with Crippen molar-refractivity contribution in [3.8, 4) is 56.0 Å². The van der Waals surface area contributed by atoms with E-state index in [1.54, 1.807) is 12.4 Å². The van der Waals surface area contributed by atoms with E-state index in [4.69, 9.17) is 4.74 Å². The van der Waals surface area contributed by atoms with Crippen LogP contribution in [0.4, 0.5) is 5.69 Å². The van der Waals surface area contributed by atoms with Crippen LogP contribution in [0.3, 0.4) is 0 Å². The van der Waals surface area contributed by atoms with Crippen LogP contribution < -0.4 is 4.74 Å². The zero-order valence-electron chi connectivity index (χ0n) is 21.1. The number of aromatic nitrogens is 2. The van der Waals surface area contributed by atoms with Crippen molar-refractivity contribution in [1.82, 2.24) is 9.97 Å². The molecule has 0 amide bonds. The van der Waals surface area contributed by atoms with Gasteiger partial charge in [-0.05, 0) is 82.6 Å². The Morgan fingerprint density at radius 1 is 0.564 bits per heavy atom. The second kappa shape index (κ2) is 8.74. The van der Waals surface area contributed by atoms with Crippen molar-refractivity contribution < 1.29 is 4.74 Å². The maximum absolute atomic E-state index is 6.62. The van der Waals surface area contributed by atoms with E-state index >= 15 is 0 Å². The van der Waals surface area contributed by atoms with E-state index in [0.29, 0.717) is 0 Å². The van der Waals surface area contributed by atoms with Gasteiger partial charge in [0.05, 0.1) is 16.7 Å². The summed E-state index contributed by atoms with van der Waals surface area (Å²) in [5.41, 5.74) is 13.2. The Morgan fingerprint density at radius 3 is 2.03 bits per heavy atom. The van der Waals surface area contributed by atoms with Crippen LogP contribution >= 0.6 is 0 Å². The van der Waals surface area contributed by atoms with Gasteiger partial charge in [-0.1, -0.05) is 60.7 Å². The van der Waals surface area contributed by atoms with Gasteiger partial charge in [0.15, 0.2) is 0 Å². The highest BCUT2D eigenvalue weighted by atomic mass is 16.5. The van der Waals surface area contributed by atoms with Crippen LogP contribution in [0.1, 0.15) is 12.0 Å². The van der Waals surface area contributed by atoms with Crippen LogP contribution in [0.2, 0.25) is 0 Å². The molecule has 1 aromatic heterocycles. The molecule has 2 aliphatic rings. The number of para-hydroxylation sites is 1. The monoisotopic (exact) mass is 501 g/mol. The van der Waals surface area contributed by atoms with Gasteiger partial charge in [0.25, 0.3) is 0 Å². The molecule has 39 heavy (non-hydrogen) atoms. The number of hydrogen-bond acceptors (Lipinski definition) is 4. The molecule has 0 spiro atoms. The molecule has 0 bridgehead atoms. The van der Waals surface area contributed by atoms with Crippen LogP contribution in [0.5, 0.6) is 11.5 Å². The van der Waals surface area contributed by atoms with Gasteiger partial charge >= 0.3 is 0 Å². The first-order chi connectivity index (χ1) is 19.3. The molecule has 6 aromatic rings. The Morgan fingerprint density at radius 2 is 1.23 bits per heavy atom. The Labute approximate surface area is 226 Å². The fourth-order valence-corrected chi connectivity index (χ4v) is 5.89. The molecule has 2 aliphatic heterocycles. The van der Waals surface area contributed by atoms with E-state index in [2.05, 4.69) is 99.9 Å². The number of hydrogen-bond donors (Lipinski definition) is 0. The normalized spacial score (nSPS) is 13.0. The predicted molar refractivity (Wildman–Crippen MR) is 158 cm³/mol. The van der Waals surface area contributed by atoms with Crippen molar-refractivity contribution in [2.75, 3.05) is 0 Å². The first-order valence-corrected chi connectivity index (χ1v) is 13.2. The Balaban J connectivity index is 1.30. The first kappa shape index (κ1) is 21.9. The molecule has 0 radical (unpaired) electrons. The summed E-state index contributed by atoms with van der Waals surface area (Å²) >= 11 is 0. The number of benzene rings is 5. The largest absolute Gasteiger partial charge is 0.456 e. The number of ether oxygens (including phenoxy) is 1. The van der Waals surface area contributed by atoms with Gasteiger partial charge in [-0.3, -0.25) is 15.0 Å². The Bertz CT molecular complexity index is 1950. The van der Waals surface area contributed by atoms with E-state index in [1.165, 1.54) is 16.7 Å². The average Bonchev–Trinajstić information content (AvgIpc) is 3.14. The zero-order valence-corrected chi connectivity index (χ0v) is 21.1. The number of rotatable bonds is 2. The van der Waals surface area contributed by atoms with Crippen LogP contribution in [0.15, 0.2) is 114 Å². The minimum absolute atomic E-state index is 0.843. The number of aliphatic imine (C=N–C) groups is 1. The van der Waals surface area contributed by atoms with E-state index in [1.807, 2.05) is 18.3 Å². The average molecular weight is 502 g/mol. The summed E-state index contributed by atoms with van der Waals surface area (Å²) in [6, 6.07) is 34.1. The van der Waals surface area contributed by atoms with Crippen LogP contribution in [-0.4, -0.2) is 16.2 Å². The van der Waals surface area contributed by atoms with Gasteiger partial charge in [0.2, 0.25) is 0 Å². The molecule has 0 saturated heterocycles. The zero-order chi connectivity index (χ0) is 25.8. The summed E-state index contributed by atoms with van der Waals surface area (Å²) in [5, 5.41) is 0. The lowest BCUT2D eigenvalue weighted by Gasteiger charge is -2.17. The van der Waals surface area contributed by atoms with E-state index in [-0.39, 0.29) is 0 Å². The van der Waals surface area contributed by atoms with E-state index in [9.17, 15) is 0 Å². The van der Waals surface area contributed by atoms with Crippen molar-refractivity contribution >= 4 is 22.9 Å². The maximum Gasteiger partial charge on any atom is 0.135 e. The standard InChI is InChI=1S/C35H23N3O/c1-2-7-27-26(6-1)29-20-22(24-8-3-11-31-28(24)10-5-17-36-31)13-15-33(29)39-34-16-14-23(21-30(27)34)25-9-4-12-32-35(25)38-19-18-37-32/h1-4,6-9,11-21H,5,10H2. The summed E-state index contributed by atoms with van der Waals surface area (Å²) in [6.45, 7) is 0. The third-order valence-electron chi connectivity index (χ3n) is 7.71. The number of nitrogens with zero attached hydrogens (tertiary/aromatic N) is 3. The second-order valence-electron chi connectivity index (χ2n) is 9.95. The fraction of sp³-hybridized carbons (Fsp3) is 0.0571. The highest BCUT2D eigenvalue weighted by Gasteiger charge is 2.23. The molecule has 0 saturated carbocycles. The molecular formula is C35H23N3O. The lowest BCUT2D eigenvalue weighted by Crippen LogP contribution is -1.97. The smallest absolute Gasteiger partial charge is 0.135 e. The third kappa shape index (κ3) is 3.57. The minimum Gasteiger partial charge on any atom is -0.456 e. The summed E-state index contributed by atoms with van der Waals surface area (Å²) < 4.78 is 6.62. The molecule has 0 unspecified atom stereocenters. The minimum atomic E-state index is 0.843. The first-order valence-electron chi connectivity index (χ1n) is 13.2. The van der Waals surface area contributed by atoms with Crippen molar-refractivity contribution in [3.05, 3.63) is 115 Å². The lowest BCUT2D eigenvalue weighted by atomic mass is 9.89. The molecular weight excluding hydrogens is 478 g/mol. The van der Waals surface area contributed by atoms with E-state index < -0.39 is 0 Å².